The van der Waals surface area contributed by atoms with Crippen molar-refractivity contribution in [1.82, 2.24) is 5.32 Å². The fourth-order valence-electron chi connectivity index (χ4n) is 1.40. The Kier molecular flexibility index (Phi) is 6.02. The molecule has 0 radical (unpaired) electrons. The maximum atomic E-state index is 12.0. The summed E-state index contributed by atoms with van der Waals surface area (Å²) in [4.78, 5) is 12.0. The average molecular weight is 344 g/mol. The van der Waals surface area contributed by atoms with Crippen molar-refractivity contribution in [3.63, 3.8) is 0 Å². The summed E-state index contributed by atoms with van der Waals surface area (Å²) in [6.07, 6.45) is -0.628. The second-order valence-electron chi connectivity index (χ2n) is 5.42. The third-order valence-electron chi connectivity index (χ3n) is 3.37. The van der Waals surface area contributed by atoms with Gasteiger partial charge in [0.05, 0.1) is 10.1 Å². The van der Waals surface area contributed by atoms with Crippen molar-refractivity contribution >= 4 is 21.8 Å². The summed E-state index contributed by atoms with van der Waals surface area (Å²) in [6, 6.07) is 7.36. The first kappa shape index (κ1) is 17.0. The van der Waals surface area contributed by atoms with Crippen molar-refractivity contribution in [2.24, 2.45) is 5.92 Å². The van der Waals surface area contributed by atoms with Crippen molar-refractivity contribution in [3.05, 3.63) is 28.7 Å². The number of halogens is 1. The lowest BCUT2D eigenvalue weighted by Gasteiger charge is -2.28. The lowest BCUT2D eigenvalue weighted by atomic mass is 9.92. The van der Waals surface area contributed by atoms with Crippen molar-refractivity contribution in [2.75, 3.05) is 6.54 Å². The van der Waals surface area contributed by atoms with E-state index in [0.29, 0.717) is 5.75 Å². The minimum atomic E-state index is -0.928. The van der Waals surface area contributed by atoms with Crippen LogP contribution in [0.3, 0.4) is 0 Å². The summed E-state index contributed by atoms with van der Waals surface area (Å²) in [7, 11) is 0. The first-order valence-electron chi connectivity index (χ1n) is 6.65. The first-order chi connectivity index (χ1) is 9.24. The molecule has 112 valence electrons. The molecule has 0 aliphatic carbocycles. The van der Waals surface area contributed by atoms with Crippen LogP contribution in [0.25, 0.3) is 0 Å². The molecule has 1 amide bonds. The van der Waals surface area contributed by atoms with Crippen molar-refractivity contribution in [2.45, 2.75) is 39.4 Å². The number of carbonyl (C=O) groups is 1. The number of benzene rings is 1. The molecule has 0 aliphatic heterocycles. The van der Waals surface area contributed by atoms with E-state index in [1.165, 1.54) is 0 Å². The Morgan fingerprint density at radius 2 is 2.00 bits per heavy atom. The van der Waals surface area contributed by atoms with Gasteiger partial charge in [0.1, 0.15) is 5.75 Å². The molecule has 20 heavy (non-hydrogen) atoms. The highest BCUT2D eigenvalue weighted by Crippen LogP contribution is 2.24. The van der Waals surface area contributed by atoms with Crippen LogP contribution in [-0.4, -0.2) is 29.3 Å². The fourth-order valence-corrected chi connectivity index (χ4v) is 1.78. The van der Waals surface area contributed by atoms with E-state index in [9.17, 15) is 9.90 Å². The van der Waals surface area contributed by atoms with Crippen LogP contribution < -0.4 is 10.1 Å². The number of amides is 1. The zero-order valence-electron chi connectivity index (χ0n) is 12.3. The maximum Gasteiger partial charge on any atom is 0.260 e. The molecule has 0 bridgehead atoms. The van der Waals surface area contributed by atoms with Crippen LogP contribution in [0.1, 0.15) is 27.7 Å². The predicted octanol–water partition coefficient (Wildman–Crippen LogP) is 2.74. The molecule has 1 aromatic rings. The van der Waals surface area contributed by atoms with E-state index in [1.807, 2.05) is 32.0 Å². The van der Waals surface area contributed by atoms with Gasteiger partial charge >= 0.3 is 0 Å². The van der Waals surface area contributed by atoms with Crippen LogP contribution in [0.2, 0.25) is 0 Å². The number of ether oxygens (including phenoxy) is 1. The Bertz CT molecular complexity index is 460. The molecule has 4 nitrogen and oxygen atoms in total. The Hall–Kier alpha value is -1.07. The third kappa shape index (κ3) is 4.80. The number of hydrogen-bond donors (Lipinski definition) is 2. The Morgan fingerprint density at radius 3 is 2.55 bits per heavy atom. The van der Waals surface area contributed by atoms with Gasteiger partial charge in [0.2, 0.25) is 0 Å². The van der Waals surface area contributed by atoms with E-state index in [2.05, 4.69) is 21.2 Å². The summed E-state index contributed by atoms with van der Waals surface area (Å²) in [5.41, 5.74) is -0.928. The van der Waals surface area contributed by atoms with Crippen molar-refractivity contribution in [1.29, 1.82) is 0 Å². The molecule has 1 aromatic carbocycles. The number of para-hydroxylation sites is 1. The molecule has 2 unspecified atom stereocenters. The highest BCUT2D eigenvalue weighted by molar-refractivity contribution is 9.10. The maximum absolute atomic E-state index is 12.0. The van der Waals surface area contributed by atoms with Crippen molar-refractivity contribution < 1.29 is 14.6 Å². The van der Waals surface area contributed by atoms with Gasteiger partial charge in [-0.2, -0.15) is 0 Å². The van der Waals surface area contributed by atoms with Gasteiger partial charge in [-0.1, -0.05) is 26.0 Å². The molecule has 2 N–H and O–H groups in total. The van der Waals surface area contributed by atoms with E-state index >= 15 is 0 Å². The molecule has 0 saturated heterocycles. The number of hydrogen-bond acceptors (Lipinski definition) is 3. The smallest absolute Gasteiger partial charge is 0.260 e. The zero-order valence-corrected chi connectivity index (χ0v) is 13.9. The summed E-state index contributed by atoms with van der Waals surface area (Å²) < 4.78 is 6.39. The summed E-state index contributed by atoms with van der Waals surface area (Å²) in [6.45, 7) is 7.41. The normalized spacial score (nSPS) is 15.6. The highest BCUT2D eigenvalue weighted by Gasteiger charge is 2.26. The van der Waals surface area contributed by atoms with Gasteiger partial charge in [0.25, 0.3) is 5.91 Å². The second kappa shape index (κ2) is 7.09. The Morgan fingerprint density at radius 1 is 1.40 bits per heavy atom. The number of carbonyl (C=O) groups excluding carboxylic acids is 1. The lowest BCUT2D eigenvalue weighted by molar-refractivity contribution is -0.128. The molecule has 1 rings (SSSR count). The molecular weight excluding hydrogens is 322 g/mol. The average Bonchev–Trinajstić information content (AvgIpc) is 2.38. The largest absolute Gasteiger partial charge is 0.480 e. The van der Waals surface area contributed by atoms with Crippen LogP contribution in [0.4, 0.5) is 0 Å². The van der Waals surface area contributed by atoms with Gasteiger partial charge in [-0.05, 0) is 47.8 Å². The van der Waals surface area contributed by atoms with Gasteiger partial charge < -0.3 is 15.2 Å². The highest BCUT2D eigenvalue weighted by atomic mass is 79.9. The molecule has 0 saturated carbocycles. The minimum Gasteiger partial charge on any atom is -0.480 e. The van der Waals surface area contributed by atoms with Gasteiger partial charge in [-0.25, -0.2) is 0 Å². The van der Waals surface area contributed by atoms with E-state index < -0.39 is 11.7 Å². The zero-order chi connectivity index (χ0) is 15.3. The standard InChI is InChI=1S/C15H22BrNO3/c1-10(2)15(4,19)9-17-14(18)11(3)20-13-8-6-5-7-12(13)16/h5-8,10-11,19H,9H2,1-4H3,(H,17,18). The third-order valence-corrected chi connectivity index (χ3v) is 4.03. The van der Waals surface area contributed by atoms with E-state index in [-0.39, 0.29) is 18.4 Å². The summed E-state index contributed by atoms with van der Waals surface area (Å²) in [5.74, 6) is 0.426. The molecule has 0 fully saturated rings. The van der Waals surface area contributed by atoms with Gasteiger partial charge in [0, 0.05) is 6.54 Å². The summed E-state index contributed by atoms with van der Waals surface area (Å²) >= 11 is 3.37. The molecule has 5 heteroatoms. The number of aliphatic hydroxyl groups is 1. The van der Waals surface area contributed by atoms with E-state index in [0.717, 1.165) is 4.47 Å². The molecular formula is C15H22BrNO3. The Balaban J connectivity index is 2.54. The number of nitrogens with one attached hydrogen (secondary N) is 1. The SMILES string of the molecule is CC(Oc1ccccc1Br)C(=O)NCC(C)(O)C(C)C. The van der Waals surface area contributed by atoms with Gasteiger partial charge in [0.15, 0.2) is 6.10 Å². The summed E-state index contributed by atoms with van der Waals surface area (Å²) in [5, 5.41) is 12.8. The predicted molar refractivity (Wildman–Crippen MR) is 82.7 cm³/mol. The fraction of sp³-hybridized carbons (Fsp3) is 0.533. The van der Waals surface area contributed by atoms with Gasteiger partial charge in [-0.3, -0.25) is 4.79 Å². The van der Waals surface area contributed by atoms with Crippen LogP contribution in [0.5, 0.6) is 5.75 Å². The van der Waals surface area contributed by atoms with Gasteiger partial charge in [-0.15, -0.1) is 0 Å². The van der Waals surface area contributed by atoms with Crippen LogP contribution in [0.15, 0.2) is 28.7 Å². The molecule has 2 atom stereocenters. The Labute approximate surface area is 128 Å². The monoisotopic (exact) mass is 343 g/mol. The van der Waals surface area contributed by atoms with Crippen molar-refractivity contribution in [3.8, 4) is 5.75 Å². The first-order valence-corrected chi connectivity index (χ1v) is 7.44. The quantitative estimate of drug-likeness (QED) is 0.834. The topological polar surface area (TPSA) is 58.6 Å². The molecule has 0 spiro atoms. The van der Waals surface area contributed by atoms with Crippen LogP contribution in [0, 0.1) is 5.92 Å². The molecule has 0 aromatic heterocycles. The van der Waals surface area contributed by atoms with E-state index in [1.54, 1.807) is 19.9 Å². The lowest BCUT2D eigenvalue weighted by Crippen LogP contribution is -2.47. The number of rotatable bonds is 6. The minimum absolute atomic E-state index is 0.0577. The van der Waals surface area contributed by atoms with E-state index in [4.69, 9.17) is 4.74 Å². The molecule has 0 aliphatic rings. The second-order valence-corrected chi connectivity index (χ2v) is 6.27. The van der Waals surface area contributed by atoms with Crippen LogP contribution in [-0.2, 0) is 4.79 Å². The molecule has 0 heterocycles. The van der Waals surface area contributed by atoms with Crippen LogP contribution >= 0.6 is 15.9 Å².